The second-order valence-electron chi connectivity index (χ2n) is 6.62. The summed E-state index contributed by atoms with van der Waals surface area (Å²) in [5.74, 6) is 5.55. The molecule has 1 aliphatic heterocycles. The van der Waals surface area contributed by atoms with Crippen molar-refractivity contribution in [3.8, 4) is 5.75 Å². The third-order valence-corrected chi connectivity index (χ3v) is 3.87. The molecule has 0 saturated heterocycles. The van der Waals surface area contributed by atoms with E-state index in [-0.39, 0.29) is 0 Å². The Kier molecular flexibility index (Phi) is 4.70. The van der Waals surface area contributed by atoms with Gasteiger partial charge in [-0.2, -0.15) is 0 Å². The highest BCUT2D eigenvalue weighted by Crippen LogP contribution is 2.35. The Morgan fingerprint density at radius 2 is 2.05 bits per heavy atom. The monoisotopic (exact) mass is 327 g/mol. The fourth-order valence-electron chi connectivity index (χ4n) is 2.38. The van der Waals surface area contributed by atoms with Crippen LogP contribution in [0.3, 0.4) is 0 Å². The summed E-state index contributed by atoms with van der Waals surface area (Å²) in [5, 5.41) is 0.658. The number of nitrogens with two attached hydrogens (primary N) is 1. The average Bonchev–Trinajstić information content (AvgIpc) is 2.43. The Morgan fingerprint density at radius 3 is 2.64 bits per heavy atom. The lowest BCUT2D eigenvalue weighted by Gasteiger charge is -2.38. The maximum absolute atomic E-state index is 12.4. The van der Waals surface area contributed by atoms with Gasteiger partial charge < -0.3 is 9.47 Å². The van der Waals surface area contributed by atoms with Crippen LogP contribution in [0.25, 0.3) is 0 Å². The molecule has 0 spiro atoms. The van der Waals surface area contributed by atoms with Crippen molar-refractivity contribution in [1.82, 2.24) is 0 Å². The van der Waals surface area contributed by atoms with E-state index in [0.29, 0.717) is 17.2 Å². The molecule has 0 fully saturated rings. The van der Waals surface area contributed by atoms with E-state index in [1.165, 1.54) is 0 Å². The van der Waals surface area contributed by atoms with Gasteiger partial charge in [0.15, 0.2) is 0 Å². The van der Waals surface area contributed by atoms with Crippen LogP contribution in [0.1, 0.15) is 39.7 Å². The topological polar surface area (TPSA) is 70.8 Å². The van der Waals surface area contributed by atoms with Crippen LogP contribution >= 0.6 is 11.6 Å². The zero-order valence-electron chi connectivity index (χ0n) is 13.3. The zero-order valence-corrected chi connectivity index (χ0v) is 14.1. The predicted octanol–water partition coefficient (Wildman–Crippen LogP) is 3.02. The number of ether oxygens (including phenoxy) is 2. The lowest BCUT2D eigenvalue weighted by atomic mass is 9.90. The molecule has 0 radical (unpaired) electrons. The zero-order chi connectivity index (χ0) is 16.5. The Labute approximate surface area is 135 Å². The van der Waals surface area contributed by atoms with Crippen molar-refractivity contribution in [2.24, 2.45) is 5.90 Å². The van der Waals surface area contributed by atoms with Crippen molar-refractivity contribution in [1.29, 1.82) is 0 Å². The average molecular weight is 328 g/mol. The Bertz CT molecular complexity index is 570. The van der Waals surface area contributed by atoms with Gasteiger partial charge in [0, 0.05) is 5.02 Å². The van der Waals surface area contributed by atoms with Crippen LogP contribution in [-0.2, 0) is 20.8 Å². The van der Waals surface area contributed by atoms with Crippen LogP contribution in [-0.4, -0.2) is 23.3 Å². The SMILES string of the molecule is CC(C)(C)OC(=O)[C@@](C)(ON)[C@H]1CCc2cc(Cl)ccc2O1. The third-order valence-electron chi connectivity index (χ3n) is 3.63. The summed E-state index contributed by atoms with van der Waals surface area (Å²) in [6.45, 7) is 6.97. The minimum absolute atomic E-state index is 0.527. The number of carbonyl (C=O) groups is 1. The lowest BCUT2D eigenvalue weighted by molar-refractivity contribution is -0.196. The Balaban J connectivity index is 2.22. The van der Waals surface area contributed by atoms with Crippen molar-refractivity contribution in [3.63, 3.8) is 0 Å². The minimum atomic E-state index is -1.37. The highest BCUT2D eigenvalue weighted by Gasteiger charge is 2.48. The molecule has 6 heteroatoms. The number of esters is 1. The normalized spacial score (nSPS) is 20.5. The first-order chi connectivity index (χ1) is 10.2. The second-order valence-corrected chi connectivity index (χ2v) is 7.06. The quantitative estimate of drug-likeness (QED) is 0.682. The van der Waals surface area contributed by atoms with Crippen LogP contribution in [0.15, 0.2) is 18.2 Å². The number of halogens is 1. The molecule has 2 N–H and O–H groups in total. The van der Waals surface area contributed by atoms with Crippen molar-refractivity contribution >= 4 is 17.6 Å². The first-order valence-electron chi connectivity index (χ1n) is 7.22. The Morgan fingerprint density at radius 1 is 1.36 bits per heavy atom. The highest BCUT2D eigenvalue weighted by atomic mass is 35.5. The standard InChI is InChI=1S/C16H22ClNO4/c1-15(2,3)21-14(19)16(4,22-18)13-8-5-10-9-11(17)6-7-12(10)20-13/h6-7,9,13H,5,8,18H2,1-4H3/t13-,16+/m1/s1. The van der Waals surface area contributed by atoms with E-state index in [1.807, 2.05) is 6.07 Å². The molecular formula is C16H22ClNO4. The van der Waals surface area contributed by atoms with Gasteiger partial charge in [-0.05, 0) is 64.3 Å². The van der Waals surface area contributed by atoms with Gasteiger partial charge in [0.05, 0.1) is 0 Å². The first kappa shape index (κ1) is 17.1. The van der Waals surface area contributed by atoms with E-state index in [4.69, 9.17) is 31.8 Å². The van der Waals surface area contributed by atoms with Gasteiger partial charge in [0.2, 0.25) is 5.60 Å². The summed E-state index contributed by atoms with van der Waals surface area (Å²) in [4.78, 5) is 17.4. The van der Waals surface area contributed by atoms with Gasteiger partial charge in [0.25, 0.3) is 0 Å². The smallest absolute Gasteiger partial charge is 0.344 e. The van der Waals surface area contributed by atoms with Gasteiger partial charge >= 0.3 is 5.97 Å². The molecule has 0 amide bonds. The Hall–Kier alpha value is -1.30. The van der Waals surface area contributed by atoms with E-state index in [9.17, 15) is 4.79 Å². The van der Waals surface area contributed by atoms with Gasteiger partial charge in [-0.15, -0.1) is 0 Å². The van der Waals surface area contributed by atoms with Crippen LogP contribution in [0.4, 0.5) is 0 Å². The number of aryl methyl sites for hydroxylation is 1. The number of carbonyl (C=O) groups excluding carboxylic acids is 1. The molecule has 1 heterocycles. The number of rotatable bonds is 3. The van der Waals surface area contributed by atoms with Crippen molar-refractivity contribution in [2.45, 2.75) is 57.8 Å². The van der Waals surface area contributed by atoms with Crippen LogP contribution in [0, 0.1) is 0 Å². The molecule has 1 aromatic rings. The van der Waals surface area contributed by atoms with E-state index >= 15 is 0 Å². The van der Waals surface area contributed by atoms with Crippen LogP contribution in [0.2, 0.25) is 5.02 Å². The van der Waals surface area contributed by atoms with Crippen LogP contribution < -0.4 is 10.6 Å². The summed E-state index contributed by atoms with van der Waals surface area (Å²) < 4.78 is 11.3. The molecule has 0 aliphatic carbocycles. The van der Waals surface area contributed by atoms with Crippen molar-refractivity contribution < 1.29 is 19.1 Å². The molecule has 2 atom stereocenters. The van der Waals surface area contributed by atoms with Crippen LogP contribution in [0.5, 0.6) is 5.75 Å². The maximum atomic E-state index is 12.4. The number of benzene rings is 1. The number of fused-ring (bicyclic) bond motifs is 1. The predicted molar refractivity (Wildman–Crippen MR) is 83.7 cm³/mol. The summed E-state index contributed by atoms with van der Waals surface area (Å²) in [6, 6.07) is 5.40. The maximum Gasteiger partial charge on any atom is 0.344 e. The van der Waals surface area contributed by atoms with Gasteiger partial charge in [-0.3, -0.25) is 4.84 Å². The van der Waals surface area contributed by atoms with Crippen molar-refractivity contribution in [3.05, 3.63) is 28.8 Å². The summed E-state index contributed by atoms with van der Waals surface area (Å²) in [7, 11) is 0. The fourth-order valence-corrected chi connectivity index (χ4v) is 2.57. The van der Waals surface area contributed by atoms with E-state index in [2.05, 4.69) is 0 Å². The third kappa shape index (κ3) is 3.54. The molecule has 0 aromatic heterocycles. The lowest BCUT2D eigenvalue weighted by Crippen LogP contribution is -2.56. The fraction of sp³-hybridized carbons (Fsp3) is 0.562. The number of hydrogen-bond donors (Lipinski definition) is 1. The first-order valence-corrected chi connectivity index (χ1v) is 7.60. The molecular weight excluding hydrogens is 306 g/mol. The second kappa shape index (κ2) is 6.07. The molecule has 1 aromatic carbocycles. The molecule has 0 unspecified atom stereocenters. The van der Waals surface area contributed by atoms with Gasteiger partial charge in [-0.25, -0.2) is 10.7 Å². The van der Waals surface area contributed by atoms with E-state index < -0.39 is 23.3 Å². The summed E-state index contributed by atoms with van der Waals surface area (Å²) in [5.41, 5.74) is -0.992. The summed E-state index contributed by atoms with van der Waals surface area (Å²) >= 11 is 5.98. The molecule has 1 aliphatic rings. The van der Waals surface area contributed by atoms with E-state index in [1.54, 1.807) is 39.8 Å². The van der Waals surface area contributed by atoms with Gasteiger partial charge in [-0.1, -0.05) is 11.6 Å². The minimum Gasteiger partial charge on any atom is -0.486 e. The van der Waals surface area contributed by atoms with Gasteiger partial charge in [0.1, 0.15) is 17.5 Å². The highest BCUT2D eigenvalue weighted by molar-refractivity contribution is 6.30. The molecule has 5 nitrogen and oxygen atoms in total. The molecule has 2 rings (SSSR count). The molecule has 0 saturated carbocycles. The van der Waals surface area contributed by atoms with E-state index in [0.717, 1.165) is 12.0 Å². The molecule has 0 bridgehead atoms. The molecule has 22 heavy (non-hydrogen) atoms. The molecule has 122 valence electrons. The largest absolute Gasteiger partial charge is 0.486 e. The van der Waals surface area contributed by atoms with Crippen molar-refractivity contribution in [2.75, 3.05) is 0 Å². The summed E-state index contributed by atoms with van der Waals surface area (Å²) in [6.07, 6.45) is 0.781. The number of hydrogen-bond acceptors (Lipinski definition) is 5.